The number of aliphatic imine (C=N–C) groups is 1. The third kappa shape index (κ3) is 5.87. The number of ether oxygens (including phenoxy) is 1. The van der Waals surface area contributed by atoms with Gasteiger partial charge in [0, 0.05) is 45.0 Å². The van der Waals surface area contributed by atoms with Crippen molar-refractivity contribution in [2.24, 2.45) is 4.99 Å². The van der Waals surface area contributed by atoms with Crippen LogP contribution in [0.1, 0.15) is 45.4 Å². The molecule has 8 heteroatoms. The number of amides is 1. The maximum absolute atomic E-state index is 12.0. The Balaban J connectivity index is 1.56. The highest BCUT2D eigenvalue weighted by Crippen LogP contribution is 2.13. The first kappa shape index (κ1) is 21.9. The molecule has 1 unspecified atom stereocenters. The van der Waals surface area contributed by atoms with Crippen LogP contribution in [-0.4, -0.2) is 64.2 Å². The number of pyridine rings is 1. The van der Waals surface area contributed by atoms with E-state index in [1.807, 2.05) is 33.0 Å². The lowest BCUT2D eigenvalue weighted by Crippen LogP contribution is -2.44. The number of aromatic nitrogens is 2. The van der Waals surface area contributed by atoms with Crippen molar-refractivity contribution in [2.75, 3.05) is 26.2 Å². The molecule has 3 rings (SSSR count). The van der Waals surface area contributed by atoms with E-state index in [-0.39, 0.29) is 12.1 Å². The number of imidazole rings is 1. The number of nitrogens with one attached hydrogen (secondary N) is 2. The van der Waals surface area contributed by atoms with Crippen LogP contribution in [0.15, 0.2) is 29.5 Å². The van der Waals surface area contributed by atoms with Gasteiger partial charge in [-0.2, -0.15) is 0 Å². The van der Waals surface area contributed by atoms with Gasteiger partial charge in [0.2, 0.25) is 0 Å². The average Bonchev–Trinajstić information content (AvgIpc) is 3.27. The van der Waals surface area contributed by atoms with Crippen LogP contribution in [-0.2, 0) is 11.2 Å². The van der Waals surface area contributed by atoms with Crippen LogP contribution in [0.2, 0.25) is 0 Å². The highest BCUT2D eigenvalue weighted by Gasteiger charge is 2.27. The molecule has 0 spiro atoms. The van der Waals surface area contributed by atoms with E-state index >= 15 is 0 Å². The number of carbonyl (C=O) groups excluding carboxylic acids is 1. The molecule has 0 aliphatic carbocycles. The topological polar surface area (TPSA) is 83.3 Å². The van der Waals surface area contributed by atoms with Gasteiger partial charge in [-0.15, -0.1) is 0 Å². The Bertz CT molecular complexity index is 899. The Morgan fingerprint density at radius 2 is 2.20 bits per heavy atom. The lowest BCUT2D eigenvalue weighted by atomic mass is 10.2. The molecule has 2 aromatic rings. The lowest BCUT2D eigenvalue weighted by molar-refractivity contribution is 0.0507. The second-order valence-corrected chi connectivity index (χ2v) is 8.72. The lowest BCUT2D eigenvalue weighted by Gasteiger charge is -2.23. The van der Waals surface area contributed by atoms with E-state index in [0.717, 1.165) is 49.8 Å². The number of aryl methyl sites for hydroxylation is 1. The smallest absolute Gasteiger partial charge is 0.407 e. The standard InChI is InChI=1S/C22H34N6O2/c1-6-23-20(28-13-10-18(15-28)26-21(29)30-22(3,4)5)24-11-9-17-14-27-12-7-8-16(2)19(27)25-17/h7-8,12,14,18H,6,9-11,13,15H2,1-5H3,(H,23,24)(H,26,29). The number of hydrogen-bond acceptors (Lipinski definition) is 4. The quantitative estimate of drug-likeness (QED) is 0.581. The number of hydrogen-bond donors (Lipinski definition) is 2. The predicted octanol–water partition coefficient (Wildman–Crippen LogP) is 2.75. The van der Waals surface area contributed by atoms with Gasteiger partial charge in [-0.3, -0.25) is 4.99 Å². The molecule has 164 valence electrons. The summed E-state index contributed by atoms with van der Waals surface area (Å²) < 4.78 is 7.43. The molecule has 0 saturated carbocycles. The Kier molecular flexibility index (Phi) is 6.84. The maximum Gasteiger partial charge on any atom is 0.407 e. The van der Waals surface area contributed by atoms with Crippen molar-refractivity contribution in [3.8, 4) is 0 Å². The summed E-state index contributed by atoms with van der Waals surface area (Å²) in [7, 11) is 0. The molecule has 2 aromatic heterocycles. The van der Waals surface area contributed by atoms with Gasteiger partial charge in [0.05, 0.1) is 11.7 Å². The first-order valence-corrected chi connectivity index (χ1v) is 10.7. The molecule has 0 aromatic carbocycles. The minimum Gasteiger partial charge on any atom is -0.444 e. The van der Waals surface area contributed by atoms with Crippen molar-refractivity contribution in [1.82, 2.24) is 24.9 Å². The summed E-state index contributed by atoms with van der Waals surface area (Å²) in [5.74, 6) is 0.880. The average molecular weight is 415 g/mol. The van der Waals surface area contributed by atoms with Gasteiger partial charge in [0.1, 0.15) is 11.2 Å². The van der Waals surface area contributed by atoms with E-state index in [2.05, 4.69) is 46.0 Å². The van der Waals surface area contributed by atoms with Gasteiger partial charge in [0.15, 0.2) is 5.96 Å². The minimum absolute atomic E-state index is 0.0603. The van der Waals surface area contributed by atoms with Crippen LogP contribution in [0.25, 0.3) is 5.65 Å². The van der Waals surface area contributed by atoms with Gasteiger partial charge >= 0.3 is 6.09 Å². The largest absolute Gasteiger partial charge is 0.444 e. The van der Waals surface area contributed by atoms with E-state index in [9.17, 15) is 4.79 Å². The summed E-state index contributed by atoms with van der Waals surface area (Å²) in [5.41, 5.74) is 2.71. The summed E-state index contributed by atoms with van der Waals surface area (Å²) in [6.45, 7) is 12.8. The van der Waals surface area contributed by atoms with Crippen LogP contribution in [0, 0.1) is 6.92 Å². The van der Waals surface area contributed by atoms with Gasteiger partial charge in [-0.05, 0) is 52.7 Å². The molecule has 30 heavy (non-hydrogen) atoms. The van der Waals surface area contributed by atoms with Crippen molar-refractivity contribution >= 4 is 17.7 Å². The molecular weight excluding hydrogens is 380 g/mol. The number of alkyl carbamates (subject to hydrolysis) is 1. The van der Waals surface area contributed by atoms with Gasteiger partial charge in [-0.25, -0.2) is 9.78 Å². The molecule has 8 nitrogen and oxygen atoms in total. The van der Waals surface area contributed by atoms with Gasteiger partial charge < -0.3 is 24.7 Å². The Hall–Kier alpha value is -2.77. The Morgan fingerprint density at radius 3 is 2.90 bits per heavy atom. The molecule has 1 atom stereocenters. The zero-order valence-electron chi connectivity index (χ0n) is 18.7. The molecule has 1 fully saturated rings. The molecule has 0 bridgehead atoms. The molecule has 1 aliphatic heterocycles. The van der Waals surface area contributed by atoms with Gasteiger partial charge in [-0.1, -0.05) is 6.07 Å². The second kappa shape index (κ2) is 9.36. The van der Waals surface area contributed by atoms with E-state index in [1.165, 1.54) is 5.56 Å². The van der Waals surface area contributed by atoms with Crippen molar-refractivity contribution in [1.29, 1.82) is 0 Å². The van der Waals surface area contributed by atoms with Crippen LogP contribution < -0.4 is 10.6 Å². The fraction of sp³-hybridized carbons (Fsp3) is 0.591. The molecule has 0 radical (unpaired) electrons. The number of guanidine groups is 1. The third-order valence-electron chi connectivity index (χ3n) is 4.90. The van der Waals surface area contributed by atoms with E-state index in [1.54, 1.807) is 0 Å². The SMILES string of the molecule is CCNC(=NCCc1cn2cccc(C)c2n1)N1CCC(NC(=O)OC(C)(C)C)C1. The number of carbonyl (C=O) groups is 1. The van der Waals surface area contributed by atoms with Crippen molar-refractivity contribution in [3.63, 3.8) is 0 Å². The van der Waals surface area contributed by atoms with Crippen molar-refractivity contribution < 1.29 is 9.53 Å². The summed E-state index contributed by atoms with van der Waals surface area (Å²) in [6.07, 6.45) is 5.38. The minimum atomic E-state index is -0.491. The van der Waals surface area contributed by atoms with E-state index in [0.29, 0.717) is 6.54 Å². The highest BCUT2D eigenvalue weighted by molar-refractivity contribution is 5.80. The maximum atomic E-state index is 12.0. The van der Waals surface area contributed by atoms with Crippen LogP contribution in [0.3, 0.4) is 0 Å². The van der Waals surface area contributed by atoms with Crippen LogP contribution >= 0.6 is 0 Å². The molecule has 2 N–H and O–H groups in total. The fourth-order valence-corrected chi connectivity index (χ4v) is 3.57. The summed E-state index contributed by atoms with van der Waals surface area (Å²) in [5, 5.41) is 6.33. The zero-order chi connectivity index (χ0) is 21.7. The molecule has 1 aliphatic rings. The molecular formula is C22H34N6O2. The number of rotatable bonds is 5. The first-order chi connectivity index (χ1) is 14.2. The number of nitrogens with zero attached hydrogens (tertiary/aromatic N) is 4. The Morgan fingerprint density at radius 1 is 1.40 bits per heavy atom. The fourth-order valence-electron chi connectivity index (χ4n) is 3.57. The van der Waals surface area contributed by atoms with Crippen LogP contribution in [0.5, 0.6) is 0 Å². The third-order valence-corrected chi connectivity index (χ3v) is 4.90. The normalized spacial score (nSPS) is 17.4. The van der Waals surface area contributed by atoms with Crippen molar-refractivity contribution in [3.05, 3.63) is 35.8 Å². The first-order valence-electron chi connectivity index (χ1n) is 10.7. The predicted molar refractivity (Wildman–Crippen MR) is 119 cm³/mol. The van der Waals surface area contributed by atoms with Crippen molar-refractivity contribution in [2.45, 2.75) is 59.1 Å². The molecule has 1 amide bonds. The second-order valence-electron chi connectivity index (χ2n) is 8.72. The summed E-state index contributed by atoms with van der Waals surface area (Å²) in [6, 6.07) is 4.16. The van der Waals surface area contributed by atoms with Gasteiger partial charge in [0.25, 0.3) is 0 Å². The summed E-state index contributed by atoms with van der Waals surface area (Å²) in [4.78, 5) is 23.8. The van der Waals surface area contributed by atoms with Crippen LogP contribution in [0.4, 0.5) is 4.79 Å². The van der Waals surface area contributed by atoms with E-state index in [4.69, 9.17) is 14.7 Å². The monoisotopic (exact) mass is 414 g/mol. The molecule has 1 saturated heterocycles. The van der Waals surface area contributed by atoms with E-state index < -0.39 is 5.60 Å². The number of likely N-dealkylation sites (tertiary alicyclic amines) is 1. The highest BCUT2D eigenvalue weighted by atomic mass is 16.6. The number of fused-ring (bicyclic) bond motifs is 1. The summed E-state index contributed by atoms with van der Waals surface area (Å²) >= 11 is 0. The zero-order valence-corrected chi connectivity index (χ0v) is 18.7. The Labute approximate surface area is 178 Å². The molecule has 3 heterocycles.